The van der Waals surface area contributed by atoms with Crippen LogP contribution in [0.25, 0.3) is 21.9 Å². The van der Waals surface area contributed by atoms with Crippen LogP contribution in [0.2, 0.25) is 0 Å². The monoisotopic (exact) mass is 228 g/mol. The molecule has 0 aliphatic rings. The smallest absolute Gasteiger partial charge is 0.139 e. The highest BCUT2D eigenvalue weighted by Gasteiger charge is 2.08. The van der Waals surface area contributed by atoms with Gasteiger partial charge >= 0.3 is 0 Å². The highest BCUT2D eigenvalue weighted by molar-refractivity contribution is 6.05. The molecule has 1 heterocycles. The molecule has 0 aliphatic carbocycles. The minimum Gasteiger partial charge on any atom is -0.508 e. The van der Waals surface area contributed by atoms with Gasteiger partial charge in [0.25, 0.3) is 0 Å². The Balaban J connectivity index is 2.27. The van der Waals surface area contributed by atoms with Gasteiger partial charge in [-0.15, -0.1) is 0 Å². The molecule has 3 heteroatoms. The van der Waals surface area contributed by atoms with Crippen LogP contribution in [0.4, 0.5) is 0 Å². The van der Waals surface area contributed by atoms with Crippen molar-refractivity contribution in [3.8, 4) is 11.5 Å². The number of fused-ring (bicyclic) bond motifs is 3. The summed E-state index contributed by atoms with van der Waals surface area (Å²) in [6.07, 6.45) is 0. The molecule has 0 saturated heterocycles. The first-order valence-corrected chi connectivity index (χ1v) is 5.56. The van der Waals surface area contributed by atoms with E-state index in [2.05, 4.69) is 0 Å². The molecule has 0 unspecified atom stereocenters. The van der Waals surface area contributed by atoms with Gasteiger partial charge in [0.2, 0.25) is 0 Å². The molecule has 0 radical (unpaired) electrons. The van der Waals surface area contributed by atoms with Gasteiger partial charge in [0.05, 0.1) is 6.61 Å². The largest absolute Gasteiger partial charge is 0.508 e. The molecule has 0 spiro atoms. The van der Waals surface area contributed by atoms with Crippen LogP contribution in [0.1, 0.15) is 6.92 Å². The van der Waals surface area contributed by atoms with Crippen molar-refractivity contribution in [3.63, 3.8) is 0 Å². The number of furan rings is 1. The van der Waals surface area contributed by atoms with E-state index in [1.54, 1.807) is 12.1 Å². The van der Waals surface area contributed by atoms with E-state index in [1.165, 1.54) is 0 Å². The van der Waals surface area contributed by atoms with Crippen molar-refractivity contribution < 1.29 is 14.3 Å². The molecule has 0 aliphatic heterocycles. The summed E-state index contributed by atoms with van der Waals surface area (Å²) < 4.78 is 11.1. The molecule has 3 nitrogen and oxygen atoms in total. The molecule has 0 atom stereocenters. The maximum absolute atomic E-state index is 9.41. The lowest BCUT2D eigenvalue weighted by atomic mass is 10.1. The van der Waals surface area contributed by atoms with Gasteiger partial charge in [-0.3, -0.25) is 0 Å². The lowest BCUT2D eigenvalue weighted by Crippen LogP contribution is -1.89. The van der Waals surface area contributed by atoms with E-state index >= 15 is 0 Å². The van der Waals surface area contributed by atoms with E-state index in [-0.39, 0.29) is 5.75 Å². The zero-order valence-corrected chi connectivity index (χ0v) is 9.43. The number of hydrogen-bond donors (Lipinski definition) is 1. The van der Waals surface area contributed by atoms with Crippen LogP contribution in [-0.2, 0) is 0 Å². The zero-order chi connectivity index (χ0) is 11.8. The summed E-state index contributed by atoms with van der Waals surface area (Å²) >= 11 is 0. The highest BCUT2D eigenvalue weighted by atomic mass is 16.5. The lowest BCUT2D eigenvalue weighted by Gasteiger charge is -2.00. The Morgan fingerprint density at radius 2 is 1.76 bits per heavy atom. The van der Waals surface area contributed by atoms with Crippen LogP contribution in [0.3, 0.4) is 0 Å². The summed E-state index contributed by atoms with van der Waals surface area (Å²) in [5.74, 6) is 1.00. The van der Waals surface area contributed by atoms with Crippen molar-refractivity contribution >= 4 is 21.9 Å². The highest BCUT2D eigenvalue weighted by Crippen LogP contribution is 2.32. The Labute approximate surface area is 98.2 Å². The second-order valence-electron chi connectivity index (χ2n) is 3.87. The molecule has 1 aromatic heterocycles. The second-order valence-corrected chi connectivity index (χ2v) is 3.87. The predicted octanol–water partition coefficient (Wildman–Crippen LogP) is 3.69. The van der Waals surface area contributed by atoms with Crippen LogP contribution < -0.4 is 4.74 Å². The molecule has 86 valence electrons. The topological polar surface area (TPSA) is 42.6 Å². The van der Waals surface area contributed by atoms with Crippen LogP contribution in [-0.4, -0.2) is 11.7 Å². The number of aromatic hydroxyl groups is 1. The quantitative estimate of drug-likeness (QED) is 0.727. The Bertz CT molecular complexity index is 682. The van der Waals surface area contributed by atoms with E-state index < -0.39 is 0 Å². The average Bonchev–Trinajstić information content (AvgIpc) is 2.65. The van der Waals surface area contributed by atoms with Crippen LogP contribution in [0, 0.1) is 0 Å². The van der Waals surface area contributed by atoms with Crippen molar-refractivity contribution in [2.75, 3.05) is 6.61 Å². The van der Waals surface area contributed by atoms with Gasteiger partial charge in [-0.25, -0.2) is 0 Å². The summed E-state index contributed by atoms with van der Waals surface area (Å²) in [5, 5.41) is 11.4. The summed E-state index contributed by atoms with van der Waals surface area (Å²) in [5.41, 5.74) is 1.46. The van der Waals surface area contributed by atoms with Crippen molar-refractivity contribution in [2.45, 2.75) is 6.92 Å². The number of phenolic OH excluding ortho intramolecular Hbond substituents is 1. The Kier molecular flexibility index (Phi) is 2.18. The van der Waals surface area contributed by atoms with E-state index in [0.29, 0.717) is 12.2 Å². The van der Waals surface area contributed by atoms with Gasteiger partial charge in [0, 0.05) is 22.9 Å². The molecule has 0 bridgehead atoms. The average molecular weight is 228 g/mol. The zero-order valence-electron chi connectivity index (χ0n) is 9.43. The van der Waals surface area contributed by atoms with Gasteiger partial charge in [-0.1, -0.05) is 0 Å². The molecule has 3 rings (SSSR count). The van der Waals surface area contributed by atoms with Crippen LogP contribution in [0.15, 0.2) is 40.8 Å². The molecular weight excluding hydrogens is 216 g/mol. The van der Waals surface area contributed by atoms with Crippen molar-refractivity contribution in [2.24, 2.45) is 0 Å². The van der Waals surface area contributed by atoms with E-state index in [1.807, 2.05) is 31.2 Å². The number of hydrogen-bond acceptors (Lipinski definition) is 3. The maximum Gasteiger partial charge on any atom is 0.139 e. The van der Waals surface area contributed by atoms with Crippen LogP contribution >= 0.6 is 0 Å². The third-order valence-electron chi connectivity index (χ3n) is 2.74. The fourth-order valence-corrected chi connectivity index (χ4v) is 2.00. The fourth-order valence-electron chi connectivity index (χ4n) is 2.00. The molecular formula is C14H12O3. The SMILES string of the molecule is CCOc1ccc2c(c1)oc1cc(O)ccc12. The Morgan fingerprint density at radius 3 is 2.53 bits per heavy atom. The molecule has 3 aromatic rings. The summed E-state index contributed by atoms with van der Waals surface area (Å²) in [6, 6.07) is 10.9. The fraction of sp³-hybridized carbons (Fsp3) is 0.143. The van der Waals surface area contributed by atoms with E-state index in [9.17, 15) is 5.11 Å². The van der Waals surface area contributed by atoms with Gasteiger partial charge in [-0.2, -0.15) is 0 Å². The van der Waals surface area contributed by atoms with Crippen LogP contribution in [0.5, 0.6) is 11.5 Å². The third kappa shape index (κ3) is 1.60. The first kappa shape index (κ1) is 10.0. The minimum absolute atomic E-state index is 0.210. The first-order valence-electron chi connectivity index (χ1n) is 5.56. The Hall–Kier alpha value is -2.16. The molecule has 1 N–H and O–H groups in total. The number of rotatable bonds is 2. The first-order chi connectivity index (χ1) is 8.28. The third-order valence-corrected chi connectivity index (χ3v) is 2.74. The van der Waals surface area contributed by atoms with Crippen molar-refractivity contribution in [1.29, 1.82) is 0 Å². The summed E-state index contributed by atoms with van der Waals surface area (Å²) in [4.78, 5) is 0. The summed E-state index contributed by atoms with van der Waals surface area (Å²) in [6.45, 7) is 2.58. The molecule has 17 heavy (non-hydrogen) atoms. The summed E-state index contributed by atoms with van der Waals surface area (Å²) in [7, 11) is 0. The molecule has 0 amide bonds. The van der Waals surface area contributed by atoms with Gasteiger partial charge in [0.1, 0.15) is 22.7 Å². The number of benzene rings is 2. The predicted molar refractivity (Wildman–Crippen MR) is 66.6 cm³/mol. The Morgan fingerprint density at radius 1 is 1.06 bits per heavy atom. The van der Waals surface area contributed by atoms with Crippen molar-refractivity contribution in [3.05, 3.63) is 36.4 Å². The molecule has 0 saturated carbocycles. The number of ether oxygens (including phenoxy) is 1. The van der Waals surface area contributed by atoms with Gasteiger partial charge in [0.15, 0.2) is 0 Å². The standard InChI is InChI=1S/C14H12O3/c1-2-16-10-4-6-12-11-5-3-9(15)7-13(11)17-14(12)8-10/h3-8,15H,2H2,1H3. The normalized spacial score (nSPS) is 11.1. The molecule has 0 fully saturated rings. The maximum atomic E-state index is 9.41. The van der Waals surface area contributed by atoms with Gasteiger partial charge in [-0.05, 0) is 31.2 Å². The lowest BCUT2D eigenvalue weighted by molar-refractivity contribution is 0.340. The van der Waals surface area contributed by atoms with E-state index in [0.717, 1.165) is 22.1 Å². The molecule has 2 aromatic carbocycles. The minimum atomic E-state index is 0.210. The number of phenols is 1. The second kappa shape index (κ2) is 3.70. The van der Waals surface area contributed by atoms with Gasteiger partial charge < -0.3 is 14.3 Å². The van der Waals surface area contributed by atoms with Crippen molar-refractivity contribution in [1.82, 2.24) is 0 Å². The van der Waals surface area contributed by atoms with E-state index in [4.69, 9.17) is 9.15 Å².